The summed E-state index contributed by atoms with van der Waals surface area (Å²) in [6, 6.07) is 21.2. The highest BCUT2D eigenvalue weighted by Gasteiger charge is 2.15. The Hall–Kier alpha value is -4.46. The van der Waals surface area contributed by atoms with Gasteiger partial charge in [-0.25, -0.2) is 4.98 Å². The van der Waals surface area contributed by atoms with Crippen molar-refractivity contribution in [3.63, 3.8) is 0 Å². The zero-order valence-corrected chi connectivity index (χ0v) is 17.7. The summed E-state index contributed by atoms with van der Waals surface area (Å²) in [5.74, 6) is -0.480. The average molecular weight is 442 g/mol. The van der Waals surface area contributed by atoms with Gasteiger partial charge in [-0.3, -0.25) is 25.2 Å². The fourth-order valence-electron chi connectivity index (χ4n) is 3.31. The number of nitrogens with zero attached hydrogens (tertiary/aromatic N) is 1. The number of pyridine rings is 1. The van der Waals surface area contributed by atoms with Crippen LogP contribution in [0.5, 0.6) is 0 Å². The van der Waals surface area contributed by atoms with Gasteiger partial charge in [-0.2, -0.15) is 0 Å². The predicted molar refractivity (Wildman–Crippen MR) is 123 cm³/mol. The Kier molecular flexibility index (Phi) is 6.75. The SMILES string of the molecule is O=C(CCCNC(=O)c1ccccc1)NNC(=O)c1cc(-c2ccco2)nc2ccccc12. The van der Waals surface area contributed by atoms with Crippen LogP contribution in [-0.4, -0.2) is 29.3 Å². The maximum atomic E-state index is 12.8. The van der Waals surface area contributed by atoms with E-state index in [4.69, 9.17) is 4.42 Å². The number of furan rings is 1. The van der Waals surface area contributed by atoms with Crippen molar-refractivity contribution in [3.8, 4) is 11.5 Å². The largest absolute Gasteiger partial charge is 0.463 e. The molecule has 0 aliphatic rings. The minimum Gasteiger partial charge on any atom is -0.463 e. The molecular weight excluding hydrogens is 420 g/mol. The van der Waals surface area contributed by atoms with Crippen LogP contribution in [0.2, 0.25) is 0 Å². The van der Waals surface area contributed by atoms with E-state index in [1.165, 1.54) is 6.26 Å². The van der Waals surface area contributed by atoms with Gasteiger partial charge in [-0.15, -0.1) is 0 Å². The highest BCUT2D eigenvalue weighted by atomic mass is 16.3. The van der Waals surface area contributed by atoms with E-state index in [1.54, 1.807) is 54.6 Å². The highest BCUT2D eigenvalue weighted by molar-refractivity contribution is 6.07. The van der Waals surface area contributed by atoms with Gasteiger partial charge in [-0.1, -0.05) is 36.4 Å². The summed E-state index contributed by atoms with van der Waals surface area (Å²) in [4.78, 5) is 41.5. The van der Waals surface area contributed by atoms with Crippen LogP contribution in [0.25, 0.3) is 22.4 Å². The molecule has 0 fully saturated rings. The summed E-state index contributed by atoms with van der Waals surface area (Å²) < 4.78 is 5.41. The lowest BCUT2D eigenvalue weighted by atomic mass is 10.1. The van der Waals surface area contributed by atoms with Crippen molar-refractivity contribution in [1.82, 2.24) is 21.2 Å². The number of nitrogens with one attached hydrogen (secondary N) is 3. The monoisotopic (exact) mass is 442 g/mol. The lowest BCUT2D eigenvalue weighted by Gasteiger charge is -2.11. The van der Waals surface area contributed by atoms with E-state index >= 15 is 0 Å². The lowest BCUT2D eigenvalue weighted by Crippen LogP contribution is -2.42. The second-order valence-electron chi connectivity index (χ2n) is 7.28. The van der Waals surface area contributed by atoms with Crippen molar-refractivity contribution < 1.29 is 18.8 Å². The van der Waals surface area contributed by atoms with Gasteiger partial charge in [0.1, 0.15) is 5.69 Å². The molecular formula is C25H22N4O4. The summed E-state index contributed by atoms with van der Waals surface area (Å²) in [6.45, 7) is 0.344. The summed E-state index contributed by atoms with van der Waals surface area (Å²) in [7, 11) is 0. The third-order valence-corrected chi connectivity index (χ3v) is 4.95. The lowest BCUT2D eigenvalue weighted by molar-refractivity contribution is -0.121. The topological polar surface area (TPSA) is 113 Å². The molecule has 4 aromatic rings. The van der Waals surface area contributed by atoms with E-state index in [0.717, 1.165) is 0 Å². The number of carbonyl (C=O) groups excluding carboxylic acids is 3. The summed E-state index contributed by atoms with van der Waals surface area (Å²) in [5, 5.41) is 3.42. The number of para-hydroxylation sites is 1. The van der Waals surface area contributed by atoms with Gasteiger partial charge in [0.25, 0.3) is 11.8 Å². The van der Waals surface area contributed by atoms with Crippen LogP contribution in [0, 0.1) is 0 Å². The summed E-state index contributed by atoms with van der Waals surface area (Å²) in [5.41, 5.74) is 6.96. The molecule has 2 aromatic carbocycles. The quantitative estimate of drug-likeness (QED) is 0.300. The molecule has 2 heterocycles. The molecule has 2 aromatic heterocycles. The standard InChI is InChI=1S/C25H22N4O4/c30-23(13-6-14-26-24(31)17-8-2-1-3-9-17)28-29-25(32)19-16-21(22-12-7-15-33-22)27-20-11-5-4-10-18(19)20/h1-5,7-12,15-16H,6,13-14H2,(H,26,31)(H,28,30)(H,29,32). The number of rotatable bonds is 7. The van der Waals surface area contributed by atoms with Crippen LogP contribution < -0.4 is 16.2 Å². The van der Waals surface area contributed by atoms with Gasteiger partial charge in [-0.05, 0) is 42.8 Å². The third kappa shape index (κ3) is 5.43. The van der Waals surface area contributed by atoms with Gasteiger partial charge in [0, 0.05) is 23.9 Å². The predicted octanol–water partition coefficient (Wildman–Crippen LogP) is 3.47. The van der Waals surface area contributed by atoms with E-state index in [-0.39, 0.29) is 18.2 Å². The fraction of sp³-hybridized carbons (Fsp3) is 0.120. The second kappa shape index (κ2) is 10.2. The van der Waals surface area contributed by atoms with Crippen LogP contribution >= 0.6 is 0 Å². The number of aromatic nitrogens is 1. The molecule has 0 radical (unpaired) electrons. The number of amides is 3. The van der Waals surface area contributed by atoms with Crippen LogP contribution in [0.3, 0.4) is 0 Å². The molecule has 0 aliphatic carbocycles. The van der Waals surface area contributed by atoms with Crippen molar-refractivity contribution in [3.05, 3.63) is 90.2 Å². The van der Waals surface area contributed by atoms with Crippen molar-refractivity contribution in [2.45, 2.75) is 12.8 Å². The molecule has 4 rings (SSSR count). The molecule has 0 unspecified atom stereocenters. The van der Waals surface area contributed by atoms with E-state index < -0.39 is 5.91 Å². The molecule has 3 amide bonds. The van der Waals surface area contributed by atoms with E-state index in [0.29, 0.717) is 46.4 Å². The van der Waals surface area contributed by atoms with Crippen LogP contribution in [-0.2, 0) is 4.79 Å². The molecule has 166 valence electrons. The zero-order chi connectivity index (χ0) is 23.0. The number of fused-ring (bicyclic) bond motifs is 1. The van der Waals surface area contributed by atoms with Crippen LogP contribution in [0.4, 0.5) is 0 Å². The molecule has 0 spiro atoms. The van der Waals surface area contributed by atoms with E-state index in [9.17, 15) is 14.4 Å². The number of carbonyl (C=O) groups is 3. The Morgan fingerprint density at radius 2 is 1.64 bits per heavy atom. The Labute approximate surface area is 190 Å². The van der Waals surface area contributed by atoms with Gasteiger partial charge >= 0.3 is 0 Å². The summed E-state index contributed by atoms with van der Waals surface area (Å²) >= 11 is 0. The van der Waals surface area contributed by atoms with Crippen molar-refractivity contribution in [2.24, 2.45) is 0 Å². The highest BCUT2D eigenvalue weighted by Crippen LogP contribution is 2.25. The molecule has 0 atom stereocenters. The Balaban J connectivity index is 1.32. The van der Waals surface area contributed by atoms with Gasteiger partial charge in [0.15, 0.2) is 5.76 Å². The second-order valence-corrected chi connectivity index (χ2v) is 7.28. The third-order valence-electron chi connectivity index (χ3n) is 4.95. The van der Waals surface area contributed by atoms with Crippen LogP contribution in [0.1, 0.15) is 33.6 Å². The molecule has 0 saturated heterocycles. The van der Waals surface area contributed by atoms with Crippen molar-refractivity contribution >= 4 is 28.6 Å². The Bertz CT molecular complexity index is 1270. The molecule has 8 heteroatoms. The summed E-state index contributed by atoms with van der Waals surface area (Å²) in [6.07, 6.45) is 2.11. The molecule has 0 saturated carbocycles. The Morgan fingerprint density at radius 3 is 2.42 bits per heavy atom. The maximum absolute atomic E-state index is 12.8. The van der Waals surface area contributed by atoms with Crippen LogP contribution in [0.15, 0.2) is 83.5 Å². The molecule has 33 heavy (non-hydrogen) atoms. The first-order valence-corrected chi connectivity index (χ1v) is 10.5. The van der Waals surface area contributed by atoms with E-state index in [1.807, 2.05) is 18.2 Å². The van der Waals surface area contributed by atoms with Gasteiger partial charge < -0.3 is 9.73 Å². The average Bonchev–Trinajstić information content (AvgIpc) is 3.40. The first kappa shape index (κ1) is 21.8. The minimum atomic E-state index is -0.466. The maximum Gasteiger partial charge on any atom is 0.270 e. The molecule has 8 nitrogen and oxygen atoms in total. The smallest absolute Gasteiger partial charge is 0.270 e. The molecule has 0 bridgehead atoms. The first-order valence-electron chi connectivity index (χ1n) is 10.5. The normalized spacial score (nSPS) is 10.5. The van der Waals surface area contributed by atoms with E-state index in [2.05, 4.69) is 21.2 Å². The van der Waals surface area contributed by atoms with Gasteiger partial charge in [0.05, 0.1) is 17.3 Å². The molecule has 0 aliphatic heterocycles. The Morgan fingerprint density at radius 1 is 0.848 bits per heavy atom. The first-order chi connectivity index (χ1) is 16.1. The number of hydrazine groups is 1. The van der Waals surface area contributed by atoms with Crippen molar-refractivity contribution in [1.29, 1.82) is 0 Å². The van der Waals surface area contributed by atoms with Gasteiger partial charge in [0.2, 0.25) is 5.91 Å². The number of hydrogen-bond acceptors (Lipinski definition) is 5. The number of benzene rings is 2. The number of hydrogen-bond donors (Lipinski definition) is 3. The minimum absolute atomic E-state index is 0.143. The zero-order valence-electron chi connectivity index (χ0n) is 17.7. The van der Waals surface area contributed by atoms with Crippen molar-refractivity contribution in [2.75, 3.05) is 6.54 Å². The molecule has 3 N–H and O–H groups in total. The fourth-order valence-corrected chi connectivity index (χ4v) is 3.31.